The number of nitrogens with zero attached hydrogens (tertiary/aromatic N) is 4. The molecule has 2 atom stereocenters. The van der Waals surface area contributed by atoms with E-state index in [0.717, 1.165) is 24.0 Å². The minimum absolute atomic E-state index is 0.0997. The molecule has 0 amide bonds. The molecule has 1 aliphatic rings. The van der Waals surface area contributed by atoms with Crippen molar-refractivity contribution in [2.45, 2.75) is 24.7 Å². The molecule has 8 heteroatoms. The average Bonchev–Trinajstić information content (AvgIpc) is 3.55. The number of aromatic nitrogens is 4. The fraction of sp³-hybridized carbons (Fsp3) is 0.333. The van der Waals surface area contributed by atoms with Crippen molar-refractivity contribution >= 4 is 11.6 Å². The first-order valence-electron chi connectivity index (χ1n) is 9.37. The largest absolute Gasteiger partial charge is 0.493 e. The molecular weight excluding hydrogens is 395 g/mol. The van der Waals surface area contributed by atoms with Gasteiger partial charge in [0, 0.05) is 51.0 Å². The average molecular weight is 415 g/mol. The first kappa shape index (κ1) is 19.7. The third-order valence-corrected chi connectivity index (χ3v) is 5.15. The van der Waals surface area contributed by atoms with Crippen LogP contribution >= 0.6 is 11.6 Å². The van der Waals surface area contributed by atoms with Crippen LogP contribution in [0.25, 0.3) is 11.6 Å². The van der Waals surface area contributed by atoms with Crippen LogP contribution in [0.3, 0.4) is 0 Å². The van der Waals surface area contributed by atoms with Crippen LogP contribution in [0.1, 0.15) is 35.8 Å². The molecule has 0 aliphatic heterocycles. The van der Waals surface area contributed by atoms with Crippen molar-refractivity contribution in [2.75, 3.05) is 20.3 Å². The summed E-state index contributed by atoms with van der Waals surface area (Å²) in [4.78, 5) is 17.1. The van der Waals surface area contributed by atoms with Crippen LogP contribution in [0.5, 0.6) is 5.75 Å². The van der Waals surface area contributed by atoms with Crippen LogP contribution in [0.4, 0.5) is 4.39 Å². The lowest BCUT2D eigenvalue weighted by molar-refractivity contribution is 0.171. The van der Waals surface area contributed by atoms with E-state index in [0.29, 0.717) is 30.6 Å². The van der Waals surface area contributed by atoms with Crippen LogP contribution in [0, 0.1) is 5.82 Å². The summed E-state index contributed by atoms with van der Waals surface area (Å²) in [6.45, 7) is 1.04. The maximum Gasteiger partial charge on any atom is 0.197 e. The second-order valence-electron chi connectivity index (χ2n) is 6.86. The molecule has 29 heavy (non-hydrogen) atoms. The van der Waals surface area contributed by atoms with Gasteiger partial charge in [0.2, 0.25) is 0 Å². The summed E-state index contributed by atoms with van der Waals surface area (Å²) in [5.41, 5.74) is 1.93. The first-order chi connectivity index (χ1) is 14.2. The van der Waals surface area contributed by atoms with E-state index in [-0.39, 0.29) is 16.9 Å². The van der Waals surface area contributed by atoms with E-state index in [1.54, 1.807) is 44.0 Å². The summed E-state index contributed by atoms with van der Waals surface area (Å²) in [6, 6.07) is 4.78. The van der Waals surface area contributed by atoms with E-state index in [1.807, 2.05) is 0 Å². The predicted molar refractivity (Wildman–Crippen MR) is 107 cm³/mol. The van der Waals surface area contributed by atoms with E-state index in [9.17, 15) is 4.39 Å². The maximum absolute atomic E-state index is 14.0. The molecule has 2 aromatic heterocycles. The smallest absolute Gasteiger partial charge is 0.197 e. The first-order valence-corrected chi connectivity index (χ1v) is 9.75. The predicted octanol–water partition coefficient (Wildman–Crippen LogP) is 4.41. The van der Waals surface area contributed by atoms with Crippen molar-refractivity contribution in [2.24, 2.45) is 0 Å². The Morgan fingerprint density at radius 3 is 2.48 bits per heavy atom. The van der Waals surface area contributed by atoms with Gasteiger partial charge < -0.3 is 9.47 Å². The van der Waals surface area contributed by atoms with E-state index in [4.69, 9.17) is 21.1 Å². The number of ether oxygens (including phenoxy) is 2. The van der Waals surface area contributed by atoms with Crippen molar-refractivity contribution in [3.8, 4) is 17.4 Å². The summed E-state index contributed by atoms with van der Waals surface area (Å²) >= 11 is 6.03. The van der Waals surface area contributed by atoms with Crippen molar-refractivity contribution in [3.63, 3.8) is 0 Å². The van der Waals surface area contributed by atoms with E-state index in [1.165, 1.54) is 6.07 Å². The zero-order valence-electron chi connectivity index (χ0n) is 15.9. The van der Waals surface area contributed by atoms with Gasteiger partial charge in [0.05, 0.1) is 11.6 Å². The van der Waals surface area contributed by atoms with Gasteiger partial charge in [-0.3, -0.25) is 0 Å². The monoisotopic (exact) mass is 414 g/mol. The van der Waals surface area contributed by atoms with Gasteiger partial charge in [0.15, 0.2) is 11.6 Å². The third-order valence-electron chi connectivity index (χ3n) is 4.86. The Morgan fingerprint density at radius 1 is 1.03 bits per heavy atom. The summed E-state index contributed by atoms with van der Waals surface area (Å²) in [7, 11) is 1.64. The van der Waals surface area contributed by atoms with Crippen molar-refractivity contribution < 1.29 is 13.9 Å². The Morgan fingerprint density at radius 2 is 1.76 bits per heavy atom. The maximum atomic E-state index is 14.0. The van der Waals surface area contributed by atoms with Gasteiger partial charge in [-0.25, -0.2) is 24.3 Å². The van der Waals surface area contributed by atoms with Gasteiger partial charge in [0.25, 0.3) is 0 Å². The number of hydrogen-bond acceptors (Lipinski definition) is 6. The van der Waals surface area contributed by atoms with E-state index in [2.05, 4.69) is 19.9 Å². The van der Waals surface area contributed by atoms with Crippen molar-refractivity contribution in [1.29, 1.82) is 0 Å². The molecule has 1 saturated carbocycles. The zero-order chi connectivity index (χ0) is 20.2. The molecule has 1 aromatic carbocycles. The van der Waals surface area contributed by atoms with Crippen LogP contribution in [0.15, 0.2) is 43.0 Å². The normalized spacial score (nSPS) is 17.9. The zero-order valence-corrected chi connectivity index (χ0v) is 16.6. The second-order valence-corrected chi connectivity index (χ2v) is 7.27. The minimum atomic E-state index is -0.482. The molecule has 0 N–H and O–H groups in total. The summed E-state index contributed by atoms with van der Waals surface area (Å²) in [5.74, 6) is 1.45. The quantitative estimate of drug-likeness (QED) is 0.508. The molecule has 0 bridgehead atoms. The number of halogens is 2. The summed E-state index contributed by atoms with van der Waals surface area (Å²) < 4.78 is 24.8. The van der Waals surface area contributed by atoms with Crippen LogP contribution in [0.2, 0.25) is 5.02 Å². The SMILES string of the molecule is COCCCOc1cc(F)c(Cl)cc1[C@H]1C[C@H]1c1cnc(-c2ncccn2)nc1. The lowest BCUT2D eigenvalue weighted by atomic mass is 10.1. The lowest BCUT2D eigenvalue weighted by Gasteiger charge is -2.13. The van der Waals surface area contributed by atoms with Gasteiger partial charge in [-0.15, -0.1) is 0 Å². The topological polar surface area (TPSA) is 70.0 Å². The van der Waals surface area contributed by atoms with Crippen LogP contribution in [-0.2, 0) is 4.74 Å². The molecule has 6 nitrogen and oxygen atoms in total. The lowest BCUT2D eigenvalue weighted by Crippen LogP contribution is -2.04. The second kappa shape index (κ2) is 8.80. The molecule has 150 valence electrons. The summed E-state index contributed by atoms with van der Waals surface area (Å²) in [5, 5.41) is 0.0997. The van der Waals surface area contributed by atoms with Crippen molar-refractivity contribution in [3.05, 3.63) is 65.0 Å². The Hall–Kier alpha value is -2.64. The van der Waals surface area contributed by atoms with E-state index >= 15 is 0 Å². The standard InChI is InChI=1S/C21H20ClFN4O2/c1-28-6-3-7-29-19-10-18(23)17(22)9-16(19)15-8-14(15)13-11-26-21(27-12-13)20-24-4-2-5-25-20/h2,4-5,9-12,14-15H,3,6-8H2,1H3/t14-,15-/m0/s1. The molecule has 0 radical (unpaired) electrons. The van der Waals surface area contributed by atoms with E-state index < -0.39 is 5.82 Å². The molecule has 0 spiro atoms. The fourth-order valence-electron chi connectivity index (χ4n) is 3.31. The van der Waals surface area contributed by atoms with Gasteiger partial charge >= 0.3 is 0 Å². The molecule has 0 saturated heterocycles. The molecule has 3 aromatic rings. The fourth-order valence-corrected chi connectivity index (χ4v) is 3.48. The van der Waals surface area contributed by atoms with Gasteiger partial charge in [-0.2, -0.15) is 0 Å². The van der Waals surface area contributed by atoms with Crippen LogP contribution in [-0.4, -0.2) is 40.3 Å². The Labute approximate surface area is 173 Å². The molecule has 0 unspecified atom stereocenters. The van der Waals surface area contributed by atoms with Gasteiger partial charge in [-0.05, 0) is 41.5 Å². The highest BCUT2D eigenvalue weighted by Crippen LogP contribution is 2.57. The molecule has 4 rings (SSSR count). The van der Waals surface area contributed by atoms with Crippen molar-refractivity contribution in [1.82, 2.24) is 19.9 Å². The Bertz CT molecular complexity index is 972. The highest BCUT2D eigenvalue weighted by molar-refractivity contribution is 6.30. The highest BCUT2D eigenvalue weighted by atomic mass is 35.5. The van der Waals surface area contributed by atoms with Gasteiger partial charge in [0.1, 0.15) is 11.6 Å². The molecular formula is C21H20ClFN4O2. The Balaban J connectivity index is 1.50. The third kappa shape index (κ3) is 4.52. The Kier molecular flexibility index (Phi) is 5.97. The molecule has 1 fully saturated rings. The number of benzene rings is 1. The molecule has 2 heterocycles. The summed E-state index contributed by atoms with van der Waals surface area (Å²) in [6.07, 6.45) is 8.54. The number of hydrogen-bond donors (Lipinski definition) is 0. The highest BCUT2D eigenvalue weighted by Gasteiger charge is 2.42. The molecule has 1 aliphatic carbocycles. The van der Waals surface area contributed by atoms with Crippen LogP contribution < -0.4 is 4.74 Å². The number of rotatable bonds is 8. The van der Waals surface area contributed by atoms with Gasteiger partial charge in [-0.1, -0.05) is 11.6 Å². The minimum Gasteiger partial charge on any atom is -0.493 e. The number of methoxy groups -OCH3 is 1.